The van der Waals surface area contributed by atoms with Crippen LogP contribution in [0, 0.1) is 0 Å². The Bertz CT molecular complexity index is 609. The average molecular weight is 267 g/mol. The summed E-state index contributed by atoms with van der Waals surface area (Å²) >= 11 is 0. The van der Waals surface area contributed by atoms with Crippen LogP contribution >= 0.6 is 0 Å². The normalized spacial score (nSPS) is 15.0. The highest BCUT2D eigenvalue weighted by molar-refractivity contribution is 5.68. The van der Waals surface area contributed by atoms with Crippen LogP contribution in [0.1, 0.15) is 32.0 Å². The van der Waals surface area contributed by atoms with Crippen LogP contribution in [0.4, 0.5) is 4.79 Å². The van der Waals surface area contributed by atoms with Gasteiger partial charge in [-0.25, -0.2) is 9.59 Å². The molecule has 0 spiro atoms. The maximum Gasteiger partial charge on any atom is 0.410 e. The molecule has 1 amide bonds. The van der Waals surface area contributed by atoms with E-state index < -0.39 is 17.4 Å². The van der Waals surface area contributed by atoms with E-state index in [1.54, 1.807) is 20.8 Å². The Morgan fingerprint density at radius 2 is 1.95 bits per heavy atom. The van der Waals surface area contributed by atoms with Crippen molar-refractivity contribution in [1.29, 1.82) is 0 Å². The van der Waals surface area contributed by atoms with Gasteiger partial charge in [-0.3, -0.25) is 9.78 Å². The number of aromatic nitrogens is 2. The van der Waals surface area contributed by atoms with E-state index in [-0.39, 0.29) is 12.1 Å². The van der Waals surface area contributed by atoms with Crippen LogP contribution in [-0.4, -0.2) is 33.1 Å². The highest BCUT2D eigenvalue weighted by Gasteiger charge is 2.27. The second kappa shape index (κ2) is 4.56. The highest BCUT2D eigenvalue weighted by Crippen LogP contribution is 2.16. The molecule has 1 aliphatic rings. The molecule has 2 N–H and O–H groups in total. The van der Waals surface area contributed by atoms with Crippen LogP contribution in [0.25, 0.3) is 0 Å². The van der Waals surface area contributed by atoms with Gasteiger partial charge in [0.2, 0.25) is 0 Å². The molecule has 19 heavy (non-hydrogen) atoms. The van der Waals surface area contributed by atoms with Gasteiger partial charge in [-0.15, -0.1) is 0 Å². The second-order valence-electron chi connectivity index (χ2n) is 5.52. The van der Waals surface area contributed by atoms with Crippen LogP contribution in [0.3, 0.4) is 0 Å². The summed E-state index contributed by atoms with van der Waals surface area (Å²) in [5.41, 5.74) is -0.513. The minimum atomic E-state index is -0.571. The molecule has 1 aromatic rings. The number of amides is 1. The molecular formula is C12H17N3O4. The maximum atomic E-state index is 11.9. The topological polar surface area (TPSA) is 95.3 Å². The fourth-order valence-electron chi connectivity index (χ4n) is 1.96. The molecule has 1 aromatic heterocycles. The lowest BCUT2D eigenvalue weighted by atomic mass is 10.1. The number of hydrogen-bond acceptors (Lipinski definition) is 4. The molecule has 2 rings (SSSR count). The Labute approximate surface area is 109 Å². The maximum absolute atomic E-state index is 11.9. The van der Waals surface area contributed by atoms with E-state index in [2.05, 4.69) is 9.97 Å². The average Bonchev–Trinajstić information content (AvgIpc) is 2.25. The van der Waals surface area contributed by atoms with E-state index in [9.17, 15) is 14.4 Å². The summed E-state index contributed by atoms with van der Waals surface area (Å²) in [6.07, 6.45) is -0.0416. The number of fused-ring (bicyclic) bond motifs is 1. The zero-order valence-corrected chi connectivity index (χ0v) is 11.2. The first-order chi connectivity index (χ1) is 8.76. The second-order valence-corrected chi connectivity index (χ2v) is 5.52. The Morgan fingerprint density at radius 1 is 1.26 bits per heavy atom. The third kappa shape index (κ3) is 3.04. The summed E-state index contributed by atoms with van der Waals surface area (Å²) in [7, 11) is 0. The number of ether oxygens (including phenoxy) is 1. The summed E-state index contributed by atoms with van der Waals surface area (Å²) in [5, 5.41) is 0. The van der Waals surface area contributed by atoms with Gasteiger partial charge in [-0.2, -0.15) is 0 Å². The predicted molar refractivity (Wildman–Crippen MR) is 68.0 cm³/mol. The molecule has 7 heteroatoms. The third-order valence-corrected chi connectivity index (χ3v) is 2.76. The van der Waals surface area contributed by atoms with Crippen LogP contribution < -0.4 is 11.2 Å². The molecule has 0 saturated heterocycles. The Hall–Kier alpha value is -2.05. The molecule has 104 valence electrons. The third-order valence-electron chi connectivity index (χ3n) is 2.76. The number of H-pyrrole nitrogens is 2. The largest absolute Gasteiger partial charge is 0.444 e. The van der Waals surface area contributed by atoms with E-state index >= 15 is 0 Å². The molecule has 7 nitrogen and oxygen atoms in total. The highest BCUT2D eigenvalue weighted by atomic mass is 16.6. The molecular weight excluding hydrogens is 250 g/mol. The molecule has 1 aliphatic heterocycles. The van der Waals surface area contributed by atoms with Crippen molar-refractivity contribution in [3.63, 3.8) is 0 Å². The predicted octanol–water partition coefficient (Wildman–Crippen LogP) is 0.356. The Kier molecular flexibility index (Phi) is 3.21. The minimum absolute atomic E-state index is 0.184. The fourth-order valence-corrected chi connectivity index (χ4v) is 1.96. The van der Waals surface area contributed by atoms with Gasteiger partial charge in [0.15, 0.2) is 0 Å². The van der Waals surface area contributed by atoms with E-state index in [4.69, 9.17) is 4.74 Å². The van der Waals surface area contributed by atoms with Crippen LogP contribution in [0.2, 0.25) is 0 Å². The molecule has 0 saturated carbocycles. The molecule has 0 aromatic carbocycles. The van der Waals surface area contributed by atoms with Gasteiger partial charge in [0.25, 0.3) is 5.56 Å². The molecule has 0 unspecified atom stereocenters. The van der Waals surface area contributed by atoms with E-state index in [0.29, 0.717) is 24.2 Å². The van der Waals surface area contributed by atoms with Crippen molar-refractivity contribution >= 4 is 6.09 Å². The zero-order valence-electron chi connectivity index (χ0n) is 11.2. The summed E-state index contributed by atoms with van der Waals surface area (Å²) < 4.78 is 5.26. The number of carbonyl (C=O) groups excluding carboxylic acids is 1. The van der Waals surface area contributed by atoms with Crippen LogP contribution in [0.15, 0.2) is 9.59 Å². The molecule has 0 bridgehead atoms. The van der Waals surface area contributed by atoms with Gasteiger partial charge in [0.05, 0.1) is 6.54 Å². The van der Waals surface area contributed by atoms with Gasteiger partial charge < -0.3 is 14.6 Å². The quantitative estimate of drug-likeness (QED) is 0.709. The molecule has 0 fully saturated rings. The van der Waals surface area contributed by atoms with Gasteiger partial charge in [0.1, 0.15) is 5.60 Å². The molecule has 0 atom stereocenters. The van der Waals surface area contributed by atoms with Crippen molar-refractivity contribution in [2.75, 3.05) is 6.54 Å². The van der Waals surface area contributed by atoms with Crippen molar-refractivity contribution in [2.45, 2.75) is 39.3 Å². The molecule has 0 radical (unpaired) electrons. The van der Waals surface area contributed by atoms with Crippen molar-refractivity contribution in [3.8, 4) is 0 Å². The number of carbonyl (C=O) groups is 1. The number of nitrogens with one attached hydrogen (secondary N) is 2. The van der Waals surface area contributed by atoms with Crippen molar-refractivity contribution < 1.29 is 9.53 Å². The van der Waals surface area contributed by atoms with Gasteiger partial charge in [-0.1, -0.05) is 0 Å². The van der Waals surface area contributed by atoms with Gasteiger partial charge in [-0.05, 0) is 27.2 Å². The minimum Gasteiger partial charge on any atom is -0.444 e. The van der Waals surface area contributed by atoms with Gasteiger partial charge in [0, 0.05) is 17.8 Å². The summed E-state index contributed by atoms with van der Waals surface area (Å²) in [6, 6.07) is 0. The molecule has 0 aliphatic carbocycles. The lowest BCUT2D eigenvalue weighted by Crippen LogP contribution is -2.43. The van der Waals surface area contributed by atoms with Crippen molar-refractivity contribution in [2.24, 2.45) is 0 Å². The smallest absolute Gasteiger partial charge is 0.410 e. The van der Waals surface area contributed by atoms with Crippen molar-refractivity contribution in [3.05, 3.63) is 32.1 Å². The van der Waals surface area contributed by atoms with E-state index in [1.165, 1.54) is 4.90 Å². The zero-order chi connectivity index (χ0) is 14.2. The number of nitrogens with zero attached hydrogens (tertiary/aromatic N) is 1. The summed E-state index contributed by atoms with van der Waals surface area (Å²) in [6.45, 7) is 5.95. The van der Waals surface area contributed by atoms with Crippen LogP contribution in [0.5, 0.6) is 0 Å². The SMILES string of the molecule is CC(C)(C)OC(=O)N1CCc2c([nH]c(=O)[nH]c2=O)C1. The Balaban J connectivity index is 2.21. The summed E-state index contributed by atoms with van der Waals surface area (Å²) in [4.78, 5) is 40.9. The van der Waals surface area contributed by atoms with Crippen LogP contribution in [-0.2, 0) is 17.7 Å². The van der Waals surface area contributed by atoms with Gasteiger partial charge >= 0.3 is 11.8 Å². The van der Waals surface area contributed by atoms with Crippen molar-refractivity contribution in [1.82, 2.24) is 14.9 Å². The first-order valence-corrected chi connectivity index (χ1v) is 6.08. The Morgan fingerprint density at radius 3 is 2.58 bits per heavy atom. The summed E-state index contributed by atoms with van der Waals surface area (Å²) in [5.74, 6) is 0. The number of rotatable bonds is 0. The number of aromatic amines is 2. The lowest BCUT2D eigenvalue weighted by molar-refractivity contribution is 0.0220. The fraction of sp³-hybridized carbons (Fsp3) is 0.583. The first-order valence-electron chi connectivity index (χ1n) is 6.08. The standard InChI is InChI=1S/C12H17N3O4/c1-12(2,3)19-11(18)15-5-4-7-8(6-15)13-10(17)14-9(7)16/h4-6H2,1-3H3,(H2,13,14,16,17). The lowest BCUT2D eigenvalue weighted by Gasteiger charge is -2.30. The monoisotopic (exact) mass is 267 g/mol. The van der Waals surface area contributed by atoms with E-state index in [1.807, 2.05) is 0 Å². The number of hydrogen-bond donors (Lipinski definition) is 2. The van der Waals surface area contributed by atoms with E-state index in [0.717, 1.165) is 0 Å². The first kappa shape index (κ1) is 13.4. The molecule has 2 heterocycles.